The number of nitriles is 2. The van der Waals surface area contributed by atoms with Crippen molar-refractivity contribution in [1.29, 1.82) is 10.5 Å². The van der Waals surface area contributed by atoms with Crippen LogP contribution < -0.4 is 4.90 Å². The first-order valence-electron chi connectivity index (χ1n) is 10.6. The quantitative estimate of drug-likeness (QED) is 0.428. The molecule has 2 aromatic carbocycles. The number of anilines is 1. The van der Waals surface area contributed by atoms with Gasteiger partial charge in [-0.2, -0.15) is 23.2 Å². The van der Waals surface area contributed by atoms with E-state index in [1.165, 1.54) is 9.71 Å². The summed E-state index contributed by atoms with van der Waals surface area (Å²) in [6.07, 6.45) is 4.24. The van der Waals surface area contributed by atoms with E-state index in [0.29, 0.717) is 30.6 Å². The molecule has 1 aromatic heterocycles. The Hall–Kier alpha value is -3.66. The van der Waals surface area contributed by atoms with Crippen LogP contribution in [-0.4, -0.2) is 35.4 Å². The maximum Gasteiger partial charge on any atom is 0.308 e. The molecule has 0 bridgehead atoms. The van der Waals surface area contributed by atoms with Gasteiger partial charge in [-0.15, -0.1) is 0 Å². The molecule has 0 amide bonds. The predicted octanol–water partition coefficient (Wildman–Crippen LogP) is 2.78. The summed E-state index contributed by atoms with van der Waals surface area (Å²) in [7, 11) is -2.16. The average Bonchev–Trinajstić information content (AvgIpc) is 3.21. The fourth-order valence-corrected chi connectivity index (χ4v) is 5.13. The molecule has 168 valence electrons. The van der Waals surface area contributed by atoms with Crippen molar-refractivity contribution >= 4 is 15.7 Å². The Balaban J connectivity index is 1.78. The lowest BCUT2D eigenvalue weighted by molar-refractivity contribution is 0.329. The molecule has 4 rings (SSSR count). The normalized spacial score (nSPS) is 16.8. The van der Waals surface area contributed by atoms with Crippen LogP contribution in [0.1, 0.15) is 22.4 Å². The monoisotopic (exact) mass is 460 g/mol. The minimum atomic E-state index is -4.10. The van der Waals surface area contributed by atoms with Crippen LogP contribution in [0.2, 0.25) is 0 Å². The number of imidazole rings is 1. The zero-order valence-corrected chi connectivity index (χ0v) is 19.1. The Morgan fingerprint density at radius 1 is 1.12 bits per heavy atom. The van der Waals surface area contributed by atoms with E-state index in [9.17, 15) is 18.9 Å². The molecule has 8 nitrogen and oxygen atoms in total. The van der Waals surface area contributed by atoms with Crippen molar-refractivity contribution in [1.82, 2.24) is 13.9 Å². The van der Waals surface area contributed by atoms with Crippen molar-refractivity contribution in [2.45, 2.75) is 19.5 Å². The predicted molar refractivity (Wildman–Crippen MR) is 124 cm³/mol. The molecule has 33 heavy (non-hydrogen) atoms. The van der Waals surface area contributed by atoms with Gasteiger partial charge >= 0.3 is 10.0 Å². The van der Waals surface area contributed by atoms with Crippen molar-refractivity contribution in [2.75, 3.05) is 18.0 Å². The van der Waals surface area contributed by atoms with E-state index in [2.05, 4.69) is 16.0 Å². The maximum absolute atomic E-state index is 12.6. The Morgan fingerprint density at radius 3 is 2.58 bits per heavy atom. The first kappa shape index (κ1) is 22.5. The van der Waals surface area contributed by atoms with Crippen LogP contribution in [0.3, 0.4) is 0 Å². The van der Waals surface area contributed by atoms with Gasteiger partial charge in [0.15, 0.2) is 0 Å². The van der Waals surface area contributed by atoms with Gasteiger partial charge in [-0.05, 0) is 41.7 Å². The van der Waals surface area contributed by atoms with E-state index in [1.807, 2.05) is 54.2 Å². The molecule has 0 saturated heterocycles. The Kier molecular flexibility index (Phi) is 6.45. The molecule has 2 heterocycles. The molecule has 0 radical (unpaired) electrons. The topological polar surface area (TPSA) is 106 Å². The summed E-state index contributed by atoms with van der Waals surface area (Å²) in [4.78, 5) is 6.44. The molecule has 0 spiro atoms. The smallest absolute Gasteiger partial charge is 0.308 e. The molecular weight excluding hydrogens is 436 g/mol. The van der Waals surface area contributed by atoms with Gasteiger partial charge in [0.1, 0.15) is 0 Å². The SMILES string of the molecule is Cn1cncc1CN1C[C@@H](Cc2ccccc2)CN(S(=O)(=O)C#N)Cc2cc(C#N)ccc21. The van der Waals surface area contributed by atoms with Crippen molar-refractivity contribution < 1.29 is 8.42 Å². The zero-order chi connectivity index (χ0) is 23.4. The highest BCUT2D eigenvalue weighted by atomic mass is 32.2. The molecule has 0 aliphatic carbocycles. The molecular formula is C24H24N6O2S. The molecule has 0 fully saturated rings. The number of aromatic nitrogens is 2. The summed E-state index contributed by atoms with van der Waals surface area (Å²) in [6, 6.07) is 17.4. The summed E-state index contributed by atoms with van der Waals surface area (Å²) in [5.41, 5.74) is 4.13. The van der Waals surface area contributed by atoms with Crippen LogP contribution in [0, 0.1) is 27.9 Å². The lowest BCUT2D eigenvalue weighted by atomic mass is 9.96. The fraction of sp³-hybridized carbons (Fsp3) is 0.292. The second-order valence-corrected chi connectivity index (χ2v) is 9.93. The van der Waals surface area contributed by atoms with Gasteiger partial charge in [0.25, 0.3) is 0 Å². The number of benzene rings is 2. The number of thiocyanates is 1. The number of sulfonamides is 1. The van der Waals surface area contributed by atoms with E-state index < -0.39 is 10.0 Å². The van der Waals surface area contributed by atoms with Gasteiger partial charge in [0.05, 0.1) is 30.2 Å². The van der Waals surface area contributed by atoms with Crippen LogP contribution >= 0.6 is 0 Å². The van der Waals surface area contributed by atoms with E-state index in [0.717, 1.165) is 16.9 Å². The van der Waals surface area contributed by atoms with Gasteiger partial charge in [0.2, 0.25) is 5.40 Å². The van der Waals surface area contributed by atoms with Crippen molar-refractivity contribution in [3.05, 3.63) is 83.4 Å². The molecule has 0 N–H and O–H groups in total. The Bertz CT molecular complexity index is 1320. The minimum absolute atomic E-state index is 0.0356. The second kappa shape index (κ2) is 9.45. The lowest BCUT2D eigenvalue weighted by Crippen LogP contribution is -2.42. The third-order valence-electron chi connectivity index (χ3n) is 5.93. The summed E-state index contributed by atoms with van der Waals surface area (Å²) >= 11 is 0. The summed E-state index contributed by atoms with van der Waals surface area (Å²) in [5, 5.41) is 20.2. The van der Waals surface area contributed by atoms with Gasteiger partial charge in [-0.3, -0.25) is 0 Å². The highest BCUT2D eigenvalue weighted by Gasteiger charge is 2.31. The maximum atomic E-state index is 12.6. The molecule has 1 atom stereocenters. The number of hydrogen-bond donors (Lipinski definition) is 0. The number of fused-ring (bicyclic) bond motifs is 1. The minimum Gasteiger partial charge on any atom is -0.365 e. The average molecular weight is 461 g/mol. The van der Waals surface area contributed by atoms with Crippen LogP contribution in [0.25, 0.3) is 0 Å². The third-order valence-corrected chi connectivity index (χ3v) is 7.12. The molecule has 9 heteroatoms. The van der Waals surface area contributed by atoms with E-state index in [4.69, 9.17) is 0 Å². The second-order valence-electron chi connectivity index (χ2n) is 8.28. The zero-order valence-electron chi connectivity index (χ0n) is 18.3. The van der Waals surface area contributed by atoms with E-state index >= 15 is 0 Å². The van der Waals surface area contributed by atoms with Gasteiger partial charge in [-0.25, -0.2) is 4.98 Å². The molecule has 3 aromatic rings. The standard InChI is InChI=1S/C24H24N6O2S/c1-28-18-27-12-23(28)16-29-13-21(9-19-5-3-2-4-6-19)14-30(33(31,32)17-26)15-22-10-20(11-25)7-8-24(22)29/h2-8,10,12,18,21H,9,13-16H2,1H3/t21-/m1/s1. The number of hydrogen-bond acceptors (Lipinski definition) is 6. The van der Waals surface area contributed by atoms with E-state index in [-0.39, 0.29) is 19.0 Å². The van der Waals surface area contributed by atoms with Crippen LogP contribution in [0.15, 0.2) is 61.1 Å². The number of nitrogens with zero attached hydrogens (tertiary/aromatic N) is 6. The first-order chi connectivity index (χ1) is 15.9. The number of rotatable bonds is 5. The van der Waals surface area contributed by atoms with Crippen molar-refractivity contribution in [2.24, 2.45) is 13.0 Å². The van der Waals surface area contributed by atoms with Crippen molar-refractivity contribution in [3.8, 4) is 11.5 Å². The molecule has 1 aliphatic rings. The summed E-state index contributed by atoms with van der Waals surface area (Å²) < 4.78 is 28.5. The lowest BCUT2D eigenvalue weighted by Gasteiger charge is -2.36. The number of aryl methyl sites for hydroxylation is 1. The Morgan fingerprint density at radius 2 is 1.91 bits per heavy atom. The van der Waals surface area contributed by atoms with Crippen molar-refractivity contribution in [3.63, 3.8) is 0 Å². The van der Waals surface area contributed by atoms with Crippen LogP contribution in [0.5, 0.6) is 0 Å². The van der Waals surface area contributed by atoms with Crippen LogP contribution in [0.4, 0.5) is 5.69 Å². The molecule has 0 saturated carbocycles. The highest BCUT2D eigenvalue weighted by molar-refractivity contribution is 7.93. The molecule has 1 aliphatic heterocycles. The van der Waals surface area contributed by atoms with Gasteiger partial charge in [0, 0.05) is 38.6 Å². The Labute approximate surface area is 194 Å². The van der Waals surface area contributed by atoms with Gasteiger partial charge < -0.3 is 9.47 Å². The largest absolute Gasteiger partial charge is 0.365 e. The first-order valence-corrected chi connectivity index (χ1v) is 12.0. The van der Waals surface area contributed by atoms with Crippen LogP contribution in [-0.2, 0) is 36.6 Å². The summed E-state index contributed by atoms with van der Waals surface area (Å²) in [5.74, 6) is -0.0486. The highest BCUT2D eigenvalue weighted by Crippen LogP contribution is 2.31. The summed E-state index contributed by atoms with van der Waals surface area (Å²) in [6.45, 7) is 1.42. The van der Waals surface area contributed by atoms with Gasteiger partial charge in [-0.1, -0.05) is 30.3 Å². The van der Waals surface area contributed by atoms with E-state index in [1.54, 1.807) is 18.5 Å². The third kappa shape index (κ3) is 5.06. The molecule has 0 unspecified atom stereocenters. The fourth-order valence-electron chi connectivity index (χ4n) is 4.30.